The predicted molar refractivity (Wildman–Crippen MR) is 95.0 cm³/mol. The van der Waals surface area contributed by atoms with Crippen LogP contribution >= 0.6 is 0 Å². The van der Waals surface area contributed by atoms with Gasteiger partial charge < -0.3 is 9.64 Å². The van der Waals surface area contributed by atoms with E-state index >= 15 is 0 Å². The summed E-state index contributed by atoms with van der Waals surface area (Å²) in [6, 6.07) is 6.36. The van der Waals surface area contributed by atoms with Gasteiger partial charge in [0.2, 0.25) is 10.0 Å². The third kappa shape index (κ3) is 4.52. The normalized spacial score (nSPS) is 19.6. The molecule has 2 heterocycles. The van der Waals surface area contributed by atoms with Gasteiger partial charge in [0, 0.05) is 26.2 Å². The lowest BCUT2D eigenvalue weighted by Gasteiger charge is -2.20. The molecule has 0 bridgehead atoms. The van der Waals surface area contributed by atoms with E-state index in [4.69, 9.17) is 4.74 Å². The molecular weight excluding hydrogens is 340 g/mol. The van der Waals surface area contributed by atoms with Gasteiger partial charge in [-0.1, -0.05) is 12.8 Å². The van der Waals surface area contributed by atoms with Crippen LogP contribution in [0.25, 0.3) is 0 Å². The first-order valence-corrected chi connectivity index (χ1v) is 10.5. The molecule has 2 fully saturated rings. The average Bonchev–Trinajstić information content (AvgIpc) is 3.04. The number of carbonyl (C=O) groups excluding carboxylic acids is 1. The van der Waals surface area contributed by atoms with E-state index in [9.17, 15) is 13.2 Å². The molecule has 1 aromatic carbocycles. The van der Waals surface area contributed by atoms with Crippen LogP contribution in [-0.4, -0.2) is 56.3 Å². The third-order valence-corrected chi connectivity index (χ3v) is 6.76. The zero-order chi connectivity index (χ0) is 17.7. The first-order chi connectivity index (χ1) is 12.1. The molecule has 2 aliphatic rings. The minimum Gasteiger partial charge on any atom is -0.484 e. The molecule has 1 aromatic rings. The van der Waals surface area contributed by atoms with Crippen molar-refractivity contribution in [1.29, 1.82) is 0 Å². The fourth-order valence-corrected chi connectivity index (χ4v) is 4.86. The zero-order valence-corrected chi connectivity index (χ0v) is 15.3. The number of nitrogens with zero attached hydrogens (tertiary/aromatic N) is 2. The summed E-state index contributed by atoms with van der Waals surface area (Å²) >= 11 is 0. The maximum atomic E-state index is 12.5. The number of hydrogen-bond donors (Lipinski definition) is 0. The number of likely N-dealkylation sites (tertiary alicyclic amines) is 1. The van der Waals surface area contributed by atoms with E-state index in [2.05, 4.69) is 0 Å². The van der Waals surface area contributed by atoms with E-state index in [0.29, 0.717) is 18.8 Å². The van der Waals surface area contributed by atoms with Gasteiger partial charge in [0.05, 0.1) is 4.90 Å². The average molecular weight is 366 g/mol. The van der Waals surface area contributed by atoms with Crippen LogP contribution in [0, 0.1) is 0 Å². The Balaban J connectivity index is 1.56. The molecule has 0 aliphatic carbocycles. The lowest BCUT2D eigenvalue weighted by molar-refractivity contribution is -0.133. The molecular formula is C18H26N2O4S. The van der Waals surface area contributed by atoms with E-state index in [1.165, 1.54) is 17.1 Å². The lowest BCUT2D eigenvalue weighted by atomic mass is 10.2. The standard InChI is InChI=1S/C18H26N2O4S/c21-18(19-11-3-1-2-4-12-19)15-24-16-7-9-17(10-8-16)25(22,23)20-13-5-6-14-20/h7-10H,1-6,11-15H2. The summed E-state index contributed by atoms with van der Waals surface area (Å²) in [7, 11) is -3.41. The van der Waals surface area contributed by atoms with Crippen LogP contribution in [0.3, 0.4) is 0 Å². The second-order valence-electron chi connectivity index (χ2n) is 6.67. The van der Waals surface area contributed by atoms with Crippen molar-refractivity contribution in [2.24, 2.45) is 0 Å². The highest BCUT2D eigenvalue weighted by Gasteiger charge is 2.27. The lowest BCUT2D eigenvalue weighted by Crippen LogP contribution is -2.35. The summed E-state index contributed by atoms with van der Waals surface area (Å²) in [6.45, 7) is 2.78. The number of amides is 1. The molecule has 0 saturated carbocycles. The fourth-order valence-electron chi connectivity index (χ4n) is 3.34. The molecule has 0 N–H and O–H groups in total. The first-order valence-electron chi connectivity index (χ1n) is 9.08. The van der Waals surface area contributed by atoms with Crippen molar-refractivity contribution < 1.29 is 17.9 Å². The number of hydrogen-bond acceptors (Lipinski definition) is 4. The Labute approximate surface area is 149 Å². The SMILES string of the molecule is O=C(COc1ccc(S(=O)(=O)N2CCCC2)cc1)N1CCCCCC1. The van der Waals surface area contributed by atoms with E-state index in [1.54, 1.807) is 24.3 Å². The number of ether oxygens (including phenoxy) is 1. The minimum absolute atomic E-state index is 0.00176. The van der Waals surface area contributed by atoms with Gasteiger partial charge in [-0.15, -0.1) is 0 Å². The van der Waals surface area contributed by atoms with Gasteiger partial charge in [-0.3, -0.25) is 4.79 Å². The Morgan fingerprint density at radius 1 is 0.880 bits per heavy atom. The van der Waals surface area contributed by atoms with Crippen molar-refractivity contribution in [2.45, 2.75) is 43.4 Å². The number of rotatable bonds is 5. The molecule has 2 saturated heterocycles. The van der Waals surface area contributed by atoms with Crippen LogP contribution in [-0.2, 0) is 14.8 Å². The Bertz CT molecular complexity index is 674. The summed E-state index contributed by atoms with van der Waals surface area (Å²) in [5.41, 5.74) is 0. The highest BCUT2D eigenvalue weighted by Crippen LogP contribution is 2.23. The molecule has 1 amide bonds. The maximum absolute atomic E-state index is 12.5. The third-order valence-electron chi connectivity index (χ3n) is 4.85. The predicted octanol–water partition coefficient (Wildman–Crippen LogP) is 2.25. The second-order valence-corrected chi connectivity index (χ2v) is 8.60. The van der Waals surface area contributed by atoms with Gasteiger partial charge in [-0.25, -0.2) is 8.42 Å². The number of benzene rings is 1. The molecule has 3 rings (SSSR count). The van der Waals surface area contributed by atoms with Crippen molar-refractivity contribution in [3.05, 3.63) is 24.3 Å². The van der Waals surface area contributed by atoms with Crippen LogP contribution in [0.15, 0.2) is 29.2 Å². The molecule has 0 radical (unpaired) electrons. The van der Waals surface area contributed by atoms with Crippen LogP contribution in [0.4, 0.5) is 0 Å². The summed E-state index contributed by atoms with van der Waals surface area (Å²) in [6.07, 6.45) is 6.29. The highest BCUT2D eigenvalue weighted by atomic mass is 32.2. The summed E-state index contributed by atoms with van der Waals surface area (Å²) in [4.78, 5) is 14.4. The van der Waals surface area contributed by atoms with Crippen LogP contribution < -0.4 is 4.74 Å². The first kappa shape index (κ1) is 18.2. The zero-order valence-electron chi connectivity index (χ0n) is 14.5. The fraction of sp³-hybridized carbons (Fsp3) is 0.611. The Morgan fingerprint density at radius 2 is 1.44 bits per heavy atom. The van der Waals surface area contributed by atoms with Crippen LogP contribution in [0.2, 0.25) is 0 Å². The molecule has 0 spiro atoms. The van der Waals surface area contributed by atoms with Gasteiger partial charge in [0.15, 0.2) is 6.61 Å². The van der Waals surface area contributed by atoms with Crippen molar-refractivity contribution in [3.63, 3.8) is 0 Å². The van der Waals surface area contributed by atoms with Gasteiger partial charge in [0.1, 0.15) is 5.75 Å². The number of sulfonamides is 1. The topological polar surface area (TPSA) is 66.9 Å². The smallest absolute Gasteiger partial charge is 0.260 e. The van der Waals surface area contributed by atoms with E-state index < -0.39 is 10.0 Å². The van der Waals surface area contributed by atoms with Gasteiger partial charge in [0.25, 0.3) is 5.91 Å². The van der Waals surface area contributed by atoms with E-state index in [-0.39, 0.29) is 17.4 Å². The monoisotopic (exact) mass is 366 g/mol. The summed E-state index contributed by atoms with van der Waals surface area (Å²) in [5.74, 6) is 0.513. The van der Waals surface area contributed by atoms with Gasteiger partial charge in [-0.05, 0) is 49.9 Å². The Hall–Kier alpha value is -1.60. The van der Waals surface area contributed by atoms with Crippen LogP contribution in [0.1, 0.15) is 38.5 Å². The molecule has 25 heavy (non-hydrogen) atoms. The molecule has 138 valence electrons. The van der Waals surface area contributed by atoms with E-state index in [1.807, 2.05) is 4.90 Å². The molecule has 2 aliphatic heterocycles. The maximum Gasteiger partial charge on any atom is 0.260 e. The van der Waals surface area contributed by atoms with Gasteiger partial charge in [-0.2, -0.15) is 4.31 Å². The second kappa shape index (κ2) is 8.19. The molecule has 7 heteroatoms. The molecule has 0 aromatic heterocycles. The summed E-state index contributed by atoms with van der Waals surface area (Å²) in [5, 5.41) is 0. The van der Waals surface area contributed by atoms with E-state index in [0.717, 1.165) is 38.8 Å². The largest absolute Gasteiger partial charge is 0.484 e. The van der Waals surface area contributed by atoms with Crippen molar-refractivity contribution in [1.82, 2.24) is 9.21 Å². The van der Waals surface area contributed by atoms with Gasteiger partial charge >= 0.3 is 0 Å². The summed E-state index contributed by atoms with van der Waals surface area (Å²) < 4.78 is 32.0. The quantitative estimate of drug-likeness (QED) is 0.802. The molecule has 0 unspecified atom stereocenters. The Kier molecular flexibility index (Phi) is 5.96. The van der Waals surface area contributed by atoms with Crippen LogP contribution in [0.5, 0.6) is 5.75 Å². The van der Waals surface area contributed by atoms with Crippen molar-refractivity contribution >= 4 is 15.9 Å². The molecule has 0 atom stereocenters. The number of carbonyl (C=O) groups is 1. The van der Waals surface area contributed by atoms with Crippen molar-refractivity contribution in [3.8, 4) is 5.75 Å². The molecule has 6 nitrogen and oxygen atoms in total. The van der Waals surface area contributed by atoms with Crippen molar-refractivity contribution in [2.75, 3.05) is 32.8 Å². The Morgan fingerprint density at radius 3 is 2.04 bits per heavy atom. The minimum atomic E-state index is -3.41. The highest BCUT2D eigenvalue weighted by molar-refractivity contribution is 7.89.